The maximum atomic E-state index is 12.2. The van der Waals surface area contributed by atoms with Crippen LogP contribution in [0.25, 0.3) is 0 Å². The van der Waals surface area contributed by atoms with Gasteiger partial charge in [0.15, 0.2) is 9.84 Å². The molecule has 0 spiro atoms. The number of rotatable bonds is 5. The number of nitrogens with two attached hydrogens (primary N) is 1. The standard InChI is InChI=1S/C13H26N2O3S/c1-10(2)8-19(17,18)9-13(16)15-5-4-11(3)6-12(15)7-14/h10-12H,4-9,14H2,1-3H3. The molecular weight excluding hydrogens is 264 g/mol. The van der Waals surface area contributed by atoms with E-state index in [9.17, 15) is 13.2 Å². The molecular formula is C13H26N2O3S. The van der Waals surface area contributed by atoms with Gasteiger partial charge in [-0.2, -0.15) is 0 Å². The first-order chi connectivity index (χ1) is 8.75. The van der Waals surface area contributed by atoms with Gasteiger partial charge in [-0.1, -0.05) is 20.8 Å². The van der Waals surface area contributed by atoms with Crippen molar-refractivity contribution in [2.45, 2.75) is 39.7 Å². The summed E-state index contributed by atoms with van der Waals surface area (Å²) in [7, 11) is -3.31. The monoisotopic (exact) mass is 290 g/mol. The van der Waals surface area contributed by atoms with E-state index in [1.165, 1.54) is 0 Å². The van der Waals surface area contributed by atoms with Gasteiger partial charge in [-0.25, -0.2) is 8.42 Å². The molecule has 0 saturated carbocycles. The molecule has 0 radical (unpaired) electrons. The van der Waals surface area contributed by atoms with Crippen molar-refractivity contribution in [3.05, 3.63) is 0 Å². The molecule has 0 bridgehead atoms. The molecule has 2 unspecified atom stereocenters. The van der Waals surface area contributed by atoms with Crippen LogP contribution in [0.5, 0.6) is 0 Å². The zero-order chi connectivity index (χ0) is 14.6. The van der Waals surface area contributed by atoms with Gasteiger partial charge in [0.25, 0.3) is 0 Å². The highest BCUT2D eigenvalue weighted by molar-refractivity contribution is 7.92. The topological polar surface area (TPSA) is 80.5 Å². The Morgan fingerprint density at radius 3 is 2.58 bits per heavy atom. The molecule has 0 aromatic rings. The fourth-order valence-corrected chi connectivity index (χ4v) is 4.32. The minimum absolute atomic E-state index is 0.00880. The van der Waals surface area contributed by atoms with Crippen molar-refractivity contribution in [2.75, 3.05) is 24.6 Å². The Labute approximate surface area is 116 Å². The average Bonchev–Trinajstić information content (AvgIpc) is 2.25. The van der Waals surface area contributed by atoms with E-state index in [1.54, 1.807) is 4.90 Å². The SMILES string of the molecule is CC(C)CS(=O)(=O)CC(=O)N1CCC(C)CC1CN. The Hall–Kier alpha value is -0.620. The lowest BCUT2D eigenvalue weighted by Gasteiger charge is -2.38. The minimum Gasteiger partial charge on any atom is -0.338 e. The van der Waals surface area contributed by atoms with Crippen LogP contribution < -0.4 is 5.73 Å². The number of piperidine rings is 1. The van der Waals surface area contributed by atoms with Gasteiger partial charge in [0.1, 0.15) is 5.75 Å². The van der Waals surface area contributed by atoms with Gasteiger partial charge < -0.3 is 10.6 Å². The summed E-state index contributed by atoms with van der Waals surface area (Å²) in [5.74, 6) is -0.0101. The molecule has 19 heavy (non-hydrogen) atoms. The van der Waals surface area contributed by atoms with E-state index in [1.807, 2.05) is 13.8 Å². The zero-order valence-electron chi connectivity index (χ0n) is 12.1. The molecule has 0 aliphatic carbocycles. The molecule has 1 fully saturated rings. The summed E-state index contributed by atoms with van der Waals surface area (Å²) in [5.41, 5.74) is 5.69. The van der Waals surface area contributed by atoms with Crippen LogP contribution in [0.15, 0.2) is 0 Å². The van der Waals surface area contributed by atoms with E-state index in [0.717, 1.165) is 12.8 Å². The van der Waals surface area contributed by atoms with Crippen LogP contribution in [-0.4, -0.2) is 49.9 Å². The summed E-state index contributed by atoms with van der Waals surface area (Å²) >= 11 is 0. The molecule has 1 aliphatic heterocycles. The fraction of sp³-hybridized carbons (Fsp3) is 0.923. The molecule has 1 rings (SSSR count). The Morgan fingerprint density at radius 1 is 1.42 bits per heavy atom. The van der Waals surface area contributed by atoms with Crippen LogP contribution in [0.4, 0.5) is 0 Å². The first-order valence-corrected chi connectivity index (χ1v) is 8.77. The first-order valence-electron chi connectivity index (χ1n) is 6.95. The van der Waals surface area contributed by atoms with Crippen molar-refractivity contribution in [1.29, 1.82) is 0 Å². The lowest BCUT2D eigenvalue weighted by Crippen LogP contribution is -2.51. The Bertz CT molecular complexity index is 406. The lowest BCUT2D eigenvalue weighted by molar-refractivity contribution is -0.132. The summed E-state index contributed by atoms with van der Waals surface area (Å²) in [4.78, 5) is 13.8. The van der Waals surface area contributed by atoms with Crippen LogP contribution in [0.1, 0.15) is 33.6 Å². The maximum Gasteiger partial charge on any atom is 0.238 e. The fourth-order valence-electron chi connectivity index (χ4n) is 2.64. The summed E-state index contributed by atoms with van der Waals surface area (Å²) < 4.78 is 23.7. The molecule has 0 aromatic heterocycles. The minimum atomic E-state index is -3.31. The number of amides is 1. The number of hydrogen-bond donors (Lipinski definition) is 1. The van der Waals surface area contributed by atoms with Crippen molar-refractivity contribution in [1.82, 2.24) is 4.90 Å². The van der Waals surface area contributed by atoms with Gasteiger partial charge >= 0.3 is 0 Å². The number of nitrogens with zero attached hydrogens (tertiary/aromatic N) is 1. The van der Waals surface area contributed by atoms with E-state index in [-0.39, 0.29) is 29.4 Å². The molecule has 2 atom stereocenters. The summed E-state index contributed by atoms with van der Waals surface area (Å²) in [6.45, 7) is 6.85. The van der Waals surface area contributed by atoms with Crippen molar-refractivity contribution in [3.8, 4) is 0 Å². The average molecular weight is 290 g/mol. The molecule has 1 aliphatic rings. The molecule has 1 heterocycles. The van der Waals surface area contributed by atoms with Crippen LogP contribution >= 0.6 is 0 Å². The Kier molecular flexibility index (Phi) is 5.80. The normalized spacial score (nSPS) is 24.8. The number of sulfone groups is 1. The predicted octanol–water partition coefficient (Wildman–Crippen LogP) is 0.643. The van der Waals surface area contributed by atoms with Crippen molar-refractivity contribution in [2.24, 2.45) is 17.6 Å². The Morgan fingerprint density at radius 2 is 2.05 bits per heavy atom. The highest BCUT2D eigenvalue weighted by Crippen LogP contribution is 2.22. The number of carbonyl (C=O) groups excluding carboxylic acids is 1. The highest BCUT2D eigenvalue weighted by Gasteiger charge is 2.31. The third kappa shape index (κ3) is 5.10. The number of hydrogen-bond acceptors (Lipinski definition) is 4. The quantitative estimate of drug-likeness (QED) is 0.806. The van der Waals surface area contributed by atoms with Crippen molar-refractivity contribution < 1.29 is 13.2 Å². The summed E-state index contributed by atoms with van der Waals surface area (Å²) in [6, 6.07) is -0.00880. The van der Waals surface area contributed by atoms with Gasteiger partial charge in [-0.05, 0) is 24.7 Å². The third-order valence-electron chi connectivity index (χ3n) is 3.50. The molecule has 1 amide bonds. The smallest absolute Gasteiger partial charge is 0.238 e. The van der Waals surface area contributed by atoms with Gasteiger partial charge in [0, 0.05) is 19.1 Å². The van der Waals surface area contributed by atoms with Crippen LogP contribution in [0.3, 0.4) is 0 Å². The maximum absolute atomic E-state index is 12.2. The summed E-state index contributed by atoms with van der Waals surface area (Å²) in [5, 5.41) is 0. The van der Waals surface area contributed by atoms with Gasteiger partial charge in [0.2, 0.25) is 5.91 Å². The van der Waals surface area contributed by atoms with Crippen molar-refractivity contribution in [3.63, 3.8) is 0 Å². The first kappa shape index (κ1) is 16.4. The molecule has 112 valence electrons. The van der Waals surface area contributed by atoms with E-state index in [4.69, 9.17) is 5.73 Å². The third-order valence-corrected chi connectivity index (χ3v) is 5.36. The second-order valence-electron chi connectivity index (χ2n) is 6.05. The summed E-state index contributed by atoms with van der Waals surface area (Å²) in [6.07, 6.45) is 1.79. The van der Waals surface area contributed by atoms with Crippen LogP contribution in [-0.2, 0) is 14.6 Å². The number of carbonyl (C=O) groups is 1. The van der Waals surface area contributed by atoms with Gasteiger partial charge in [0.05, 0.1) is 5.75 Å². The Balaban J connectivity index is 2.67. The lowest BCUT2D eigenvalue weighted by atomic mass is 9.92. The van der Waals surface area contributed by atoms with Crippen LogP contribution in [0.2, 0.25) is 0 Å². The predicted molar refractivity (Wildman–Crippen MR) is 76.4 cm³/mol. The second-order valence-corrected chi connectivity index (χ2v) is 8.16. The molecule has 5 nitrogen and oxygen atoms in total. The molecule has 1 saturated heterocycles. The van der Waals surface area contributed by atoms with Crippen LogP contribution in [0, 0.1) is 11.8 Å². The van der Waals surface area contributed by atoms with E-state index < -0.39 is 9.84 Å². The van der Waals surface area contributed by atoms with E-state index in [2.05, 4.69) is 6.92 Å². The van der Waals surface area contributed by atoms with Gasteiger partial charge in [-0.3, -0.25) is 4.79 Å². The highest BCUT2D eigenvalue weighted by atomic mass is 32.2. The zero-order valence-corrected chi connectivity index (χ0v) is 12.9. The molecule has 2 N–H and O–H groups in total. The number of likely N-dealkylation sites (tertiary alicyclic amines) is 1. The molecule has 6 heteroatoms. The molecule has 0 aromatic carbocycles. The van der Waals surface area contributed by atoms with E-state index in [0.29, 0.717) is 19.0 Å². The second kappa shape index (κ2) is 6.70. The largest absolute Gasteiger partial charge is 0.338 e. The van der Waals surface area contributed by atoms with Gasteiger partial charge in [-0.15, -0.1) is 0 Å². The van der Waals surface area contributed by atoms with E-state index >= 15 is 0 Å². The van der Waals surface area contributed by atoms with Crippen molar-refractivity contribution >= 4 is 15.7 Å².